The number of nitro groups is 1. The Bertz CT molecular complexity index is 926. The van der Waals surface area contributed by atoms with E-state index >= 15 is 0 Å². The third-order valence-corrected chi connectivity index (χ3v) is 6.00. The van der Waals surface area contributed by atoms with E-state index in [4.69, 9.17) is 4.74 Å². The highest BCUT2D eigenvalue weighted by Crippen LogP contribution is 2.36. The smallest absolute Gasteiger partial charge is 0.270 e. The quantitative estimate of drug-likeness (QED) is 0.616. The molecule has 0 bridgehead atoms. The van der Waals surface area contributed by atoms with Crippen LogP contribution >= 0.6 is 0 Å². The number of rotatable bonds is 4. The van der Waals surface area contributed by atoms with Gasteiger partial charge < -0.3 is 4.74 Å². The van der Waals surface area contributed by atoms with E-state index in [0.717, 1.165) is 18.1 Å². The normalized spacial score (nSPS) is 17.0. The standard InChI is InChI=1S/C17H18N2O5S/c1-12-8-13-6-7-15(24-2)10-17(13)18(11-12)25(22,23)16-5-3-4-14(9-16)19(20)21/h3-7,9-10,12H,8,11H2,1-2H3. The molecule has 0 N–H and O–H groups in total. The van der Waals surface area contributed by atoms with Crippen molar-refractivity contribution in [3.8, 4) is 5.75 Å². The number of anilines is 1. The Hall–Kier alpha value is -2.61. The first-order valence-corrected chi connectivity index (χ1v) is 9.21. The van der Waals surface area contributed by atoms with Crippen molar-refractivity contribution in [1.82, 2.24) is 0 Å². The predicted octanol–water partition coefficient (Wildman–Crippen LogP) is 2.99. The zero-order valence-electron chi connectivity index (χ0n) is 13.9. The van der Waals surface area contributed by atoms with Crippen LogP contribution in [0.3, 0.4) is 0 Å². The zero-order valence-corrected chi connectivity index (χ0v) is 14.7. The highest BCUT2D eigenvalue weighted by atomic mass is 32.2. The molecule has 1 aliphatic rings. The van der Waals surface area contributed by atoms with Crippen LogP contribution in [0.2, 0.25) is 0 Å². The van der Waals surface area contributed by atoms with Crippen LogP contribution < -0.4 is 9.04 Å². The van der Waals surface area contributed by atoms with Gasteiger partial charge in [-0.3, -0.25) is 14.4 Å². The van der Waals surface area contributed by atoms with Crippen molar-refractivity contribution in [1.29, 1.82) is 0 Å². The molecular weight excluding hydrogens is 344 g/mol. The van der Waals surface area contributed by atoms with Gasteiger partial charge in [0.2, 0.25) is 0 Å². The molecule has 0 aliphatic carbocycles. The van der Waals surface area contributed by atoms with Crippen LogP contribution in [-0.2, 0) is 16.4 Å². The Labute approximate surface area is 146 Å². The molecule has 0 radical (unpaired) electrons. The molecule has 132 valence electrons. The molecule has 1 aliphatic heterocycles. The second-order valence-corrected chi connectivity index (χ2v) is 7.96. The summed E-state index contributed by atoms with van der Waals surface area (Å²) in [6.07, 6.45) is 0.764. The zero-order chi connectivity index (χ0) is 18.2. The molecule has 3 rings (SSSR count). The maximum atomic E-state index is 13.1. The SMILES string of the molecule is COc1ccc2c(c1)N(S(=O)(=O)c1cccc([N+](=O)[O-])c1)CC(C)C2. The Kier molecular flexibility index (Phi) is 4.38. The topological polar surface area (TPSA) is 89.8 Å². The molecule has 1 atom stereocenters. The van der Waals surface area contributed by atoms with Gasteiger partial charge in [-0.1, -0.05) is 19.1 Å². The van der Waals surface area contributed by atoms with E-state index in [1.54, 1.807) is 12.1 Å². The van der Waals surface area contributed by atoms with Gasteiger partial charge in [-0.2, -0.15) is 0 Å². The minimum atomic E-state index is -3.92. The van der Waals surface area contributed by atoms with Crippen molar-refractivity contribution in [3.63, 3.8) is 0 Å². The van der Waals surface area contributed by atoms with Gasteiger partial charge in [0.05, 0.1) is 22.6 Å². The van der Waals surface area contributed by atoms with Gasteiger partial charge in [0.1, 0.15) is 5.75 Å². The van der Waals surface area contributed by atoms with Crippen molar-refractivity contribution in [3.05, 3.63) is 58.1 Å². The summed E-state index contributed by atoms with van der Waals surface area (Å²) in [7, 11) is -2.40. The summed E-state index contributed by atoms with van der Waals surface area (Å²) in [4.78, 5) is 10.3. The van der Waals surface area contributed by atoms with Gasteiger partial charge >= 0.3 is 0 Å². The van der Waals surface area contributed by atoms with E-state index in [1.807, 2.05) is 13.0 Å². The number of ether oxygens (including phenoxy) is 1. The summed E-state index contributed by atoms with van der Waals surface area (Å²) in [6.45, 7) is 2.29. The fourth-order valence-corrected chi connectivity index (χ4v) is 4.66. The van der Waals surface area contributed by atoms with Crippen LogP contribution in [0.25, 0.3) is 0 Å². The number of methoxy groups -OCH3 is 1. The fourth-order valence-electron chi connectivity index (χ4n) is 3.01. The average molecular weight is 362 g/mol. The number of nitrogens with zero attached hydrogens (tertiary/aromatic N) is 2. The number of hydrogen-bond donors (Lipinski definition) is 0. The molecule has 0 saturated carbocycles. The first kappa shape index (κ1) is 17.2. The van der Waals surface area contributed by atoms with Crippen molar-refractivity contribution in [2.24, 2.45) is 5.92 Å². The Morgan fingerprint density at radius 1 is 1.24 bits per heavy atom. The molecular formula is C17H18N2O5S. The highest BCUT2D eigenvalue weighted by molar-refractivity contribution is 7.92. The molecule has 0 spiro atoms. The minimum absolute atomic E-state index is 0.0930. The van der Waals surface area contributed by atoms with E-state index in [0.29, 0.717) is 18.0 Å². The summed E-state index contributed by atoms with van der Waals surface area (Å²) in [5.41, 5.74) is 1.22. The van der Waals surface area contributed by atoms with E-state index in [2.05, 4.69) is 0 Å². The van der Waals surface area contributed by atoms with Gasteiger partial charge in [0, 0.05) is 24.7 Å². The molecule has 1 heterocycles. The van der Waals surface area contributed by atoms with E-state index in [9.17, 15) is 18.5 Å². The second kappa shape index (κ2) is 6.36. The molecule has 0 fully saturated rings. The molecule has 0 saturated heterocycles. The van der Waals surface area contributed by atoms with Crippen molar-refractivity contribution >= 4 is 21.4 Å². The molecule has 7 nitrogen and oxygen atoms in total. The van der Waals surface area contributed by atoms with Gasteiger partial charge in [0.25, 0.3) is 15.7 Å². The molecule has 1 unspecified atom stereocenters. The van der Waals surface area contributed by atoms with Gasteiger partial charge in [-0.05, 0) is 30.0 Å². The summed E-state index contributed by atoms with van der Waals surface area (Å²) < 4.78 is 32.8. The first-order valence-electron chi connectivity index (χ1n) is 7.77. The summed E-state index contributed by atoms with van der Waals surface area (Å²) in [6, 6.07) is 10.5. The van der Waals surface area contributed by atoms with Crippen LogP contribution in [0.1, 0.15) is 12.5 Å². The summed E-state index contributed by atoms with van der Waals surface area (Å²) in [5.74, 6) is 0.696. The van der Waals surface area contributed by atoms with Gasteiger partial charge in [-0.15, -0.1) is 0 Å². The largest absolute Gasteiger partial charge is 0.497 e. The molecule has 2 aromatic rings. The third kappa shape index (κ3) is 3.17. The summed E-state index contributed by atoms with van der Waals surface area (Å²) >= 11 is 0. The Morgan fingerprint density at radius 2 is 2.00 bits per heavy atom. The molecule has 2 aromatic carbocycles. The predicted molar refractivity (Wildman–Crippen MR) is 93.5 cm³/mol. The monoisotopic (exact) mass is 362 g/mol. The van der Waals surface area contributed by atoms with Crippen molar-refractivity contribution < 1.29 is 18.1 Å². The number of non-ortho nitro benzene ring substituents is 1. The number of sulfonamides is 1. The van der Waals surface area contributed by atoms with Gasteiger partial charge in [0.15, 0.2) is 0 Å². The lowest BCUT2D eigenvalue weighted by Gasteiger charge is -2.34. The van der Waals surface area contributed by atoms with Crippen LogP contribution in [0.4, 0.5) is 11.4 Å². The Balaban J connectivity index is 2.12. The minimum Gasteiger partial charge on any atom is -0.497 e. The molecule has 0 aromatic heterocycles. The second-order valence-electron chi connectivity index (χ2n) is 6.09. The lowest BCUT2D eigenvalue weighted by Crippen LogP contribution is -2.39. The average Bonchev–Trinajstić information content (AvgIpc) is 2.60. The number of nitro benzene ring substituents is 1. The van der Waals surface area contributed by atoms with Gasteiger partial charge in [-0.25, -0.2) is 8.42 Å². The lowest BCUT2D eigenvalue weighted by atomic mass is 9.95. The van der Waals surface area contributed by atoms with Crippen LogP contribution in [0, 0.1) is 16.0 Å². The first-order chi connectivity index (χ1) is 11.8. The number of hydrogen-bond acceptors (Lipinski definition) is 5. The van der Waals surface area contributed by atoms with E-state index in [1.165, 1.54) is 29.6 Å². The number of fused-ring (bicyclic) bond motifs is 1. The number of benzene rings is 2. The molecule has 0 amide bonds. The van der Waals surface area contributed by atoms with E-state index in [-0.39, 0.29) is 16.5 Å². The van der Waals surface area contributed by atoms with E-state index < -0.39 is 14.9 Å². The lowest BCUT2D eigenvalue weighted by molar-refractivity contribution is -0.385. The molecule has 8 heteroatoms. The molecule has 25 heavy (non-hydrogen) atoms. The fraction of sp³-hybridized carbons (Fsp3) is 0.294. The maximum absolute atomic E-state index is 13.1. The maximum Gasteiger partial charge on any atom is 0.270 e. The highest BCUT2D eigenvalue weighted by Gasteiger charge is 2.33. The Morgan fingerprint density at radius 3 is 2.68 bits per heavy atom. The third-order valence-electron chi connectivity index (χ3n) is 4.22. The van der Waals surface area contributed by atoms with Crippen LogP contribution in [0.15, 0.2) is 47.4 Å². The van der Waals surface area contributed by atoms with Crippen molar-refractivity contribution in [2.45, 2.75) is 18.2 Å². The van der Waals surface area contributed by atoms with Crippen LogP contribution in [-0.4, -0.2) is 27.0 Å². The van der Waals surface area contributed by atoms with Crippen LogP contribution in [0.5, 0.6) is 5.75 Å². The van der Waals surface area contributed by atoms with Crippen molar-refractivity contribution in [2.75, 3.05) is 18.0 Å². The summed E-state index contributed by atoms with van der Waals surface area (Å²) in [5, 5.41) is 11.0.